The first-order valence-corrected chi connectivity index (χ1v) is 7.72. The largest absolute Gasteiger partial charge is 0.493 e. The van der Waals surface area contributed by atoms with Crippen molar-refractivity contribution in [2.45, 2.75) is 45.1 Å². The van der Waals surface area contributed by atoms with Gasteiger partial charge in [-0.25, -0.2) is 4.79 Å². The summed E-state index contributed by atoms with van der Waals surface area (Å²) in [6, 6.07) is 6.80. The maximum Gasteiger partial charge on any atom is 0.329 e. The molecule has 2 rings (SSSR count). The minimum atomic E-state index is -1.11. The Morgan fingerprint density at radius 3 is 2.32 bits per heavy atom. The average molecular weight is 305 g/mol. The van der Waals surface area contributed by atoms with Gasteiger partial charge in [-0.2, -0.15) is 0 Å². The fourth-order valence-corrected chi connectivity index (χ4v) is 2.63. The molecule has 0 atom stereocenters. The number of carboxylic acids is 1. The Hall–Kier alpha value is -2.04. The van der Waals surface area contributed by atoms with Crippen LogP contribution in [0.25, 0.3) is 0 Å². The minimum absolute atomic E-state index is 0.347. The standard InChI is InChI=1S/C17H23NO4/c1-12(2)11-22-14-7-5-13(6-8-14)15(19)18-17(16(20)21)9-3-4-10-17/h5-8,12H,3-4,9-11H2,1-2H3,(H,18,19)(H,20,21). The monoisotopic (exact) mass is 305 g/mol. The van der Waals surface area contributed by atoms with Gasteiger partial charge in [0.25, 0.3) is 5.91 Å². The zero-order valence-corrected chi connectivity index (χ0v) is 13.1. The molecule has 1 fully saturated rings. The van der Waals surface area contributed by atoms with E-state index in [9.17, 15) is 14.7 Å². The van der Waals surface area contributed by atoms with Crippen molar-refractivity contribution < 1.29 is 19.4 Å². The molecule has 22 heavy (non-hydrogen) atoms. The van der Waals surface area contributed by atoms with Gasteiger partial charge < -0.3 is 15.2 Å². The van der Waals surface area contributed by atoms with E-state index in [1.807, 2.05) is 0 Å². The first-order valence-electron chi connectivity index (χ1n) is 7.72. The highest BCUT2D eigenvalue weighted by Gasteiger charge is 2.42. The molecule has 1 saturated carbocycles. The van der Waals surface area contributed by atoms with Crippen LogP contribution in [0.4, 0.5) is 0 Å². The maximum absolute atomic E-state index is 12.3. The van der Waals surface area contributed by atoms with Gasteiger partial charge in [-0.1, -0.05) is 26.7 Å². The molecule has 0 radical (unpaired) electrons. The van der Waals surface area contributed by atoms with Gasteiger partial charge >= 0.3 is 5.97 Å². The molecule has 0 aromatic heterocycles. The summed E-state index contributed by atoms with van der Waals surface area (Å²) in [6.45, 7) is 4.75. The Bertz CT molecular complexity index is 530. The van der Waals surface area contributed by atoms with Gasteiger partial charge in [-0.05, 0) is 43.0 Å². The number of nitrogens with one attached hydrogen (secondary N) is 1. The van der Waals surface area contributed by atoms with E-state index in [0.29, 0.717) is 36.7 Å². The topological polar surface area (TPSA) is 75.6 Å². The van der Waals surface area contributed by atoms with E-state index in [2.05, 4.69) is 19.2 Å². The molecule has 5 nitrogen and oxygen atoms in total. The lowest BCUT2D eigenvalue weighted by atomic mass is 9.97. The number of carbonyl (C=O) groups excluding carboxylic acids is 1. The minimum Gasteiger partial charge on any atom is -0.493 e. The van der Waals surface area contributed by atoms with E-state index in [-0.39, 0.29) is 5.91 Å². The molecule has 2 N–H and O–H groups in total. The zero-order valence-electron chi connectivity index (χ0n) is 13.1. The van der Waals surface area contributed by atoms with Crippen LogP contribution >= 0.6 is 0 Å². The van der Waals surface area contributed by atoms with Crippen LogP contribution in [-0.2, 0) is 4.79 Å². The normalized spacial score (nSPS) is 16.5. The number of rotatable bonds is 6. The van der Waals surface area contributed by atoms with Crippen molar-refractivity contribution in [3.05, 3.63) is 29.8 Å². The highest BCUT2D eigenvalue weighted by atomic mass is 16.5. The van der Waals surface area contributed by atoms with Crippen molar-refractivity contribution in [2.75, 3.05) is 6.61 Å². The van der Waals surface area contributed by atoms with E-state index < -0.39 is 11.5 Å². The van der Waals surface area contributed by atoms with Gasteiger partial charge in [0.15, 0.2) is 0 Å². The number of ether oxygens (including phenoxy) is 1. The molecule has 1 amide bonds. The fraction of sp³-hybridized carbons (Fsp3) is 0.529. The summed E-state index contributed by atoms with van der Waals surface area (Å²) >= 11 is 0. The third-order valence-electron chi connectivity index (χ3n) is 3.92. The van der Waals surface area contributed by atoms with E-state index in [1.165, 1.54) is 0 Å². The predicted octanol–water partition coefficient (Wildman–Crippen LogP) is 2.85. The number of carboxylic acid groups (broad SMARTS) is 1. The summed E-state index contributed by atoms with van der Waals surface area (Å²) in [5.74, 6) is -0.158. The number of hydrogen-bond donors (Lipinski definition) is 2. The Morgan fingerprint density at radius 1 is 1.23 bits per heavy atom. The average Bonchev–Trinajstić information content (AvgIpc) is 2.95. The second-order valence-electron chi connectivity index (χ2n) is 6.28. The summed E-state index contributed by atoms with van der Waals surface area (Å²) in [5, 5.41) is 12.1. The van der Waals surface area contributed by atoms with Crippen molar-refractivity contribution in [3.63, 3.8) is 0 Å². The Morgan fingerprint density at radius 2 is 1.82 bits per heavy atom. The number of carbonyl (C=O) groups is 2. The molecular weight excluding hydrogens is 282 g/mol. The van der Waals surface area contributed by atoms with E-state index >= 15 is 0 Å². The third-order valence-corrected chi connectivity index (χ3v) is 3.92. The molecule has 1 aromatic rings. The van der Waals surface area contributed by atoms with Crippen molar-refractivity contribution in [1.29, 1.82) is 0 Å². The predicted molar refractivity (Wildman–Crippen MR) is 83.1 cm³/mol. The van der Waals surface area contributed by atoms with E-state index in [0.717, 1.165) is 12.8 Å². The zero-order chi connectivity index (χ0) is 16.2. The molecular formula is C17H23NO4. The number of hydrogen-bond acceptors (Lipinski definition) is 3. The van der Waals surface area contributed by atoms with Crippen molar-refractivity contribution in [3.8, 4) is 5.75 Å². The second kappa shape index (κ2) is 6.81. The molecule has 0 aliphatic heterocycles. The lowest BCUT2D eigenvalue weighted by Gasteiger charge is -2.25. The highest BCUT2D eigenvalue weighted by Crippen LogP contribution is 2.30. The Labute approximate surface area is 130 Å². The summed E-state index contributed by atoms with van der Waals surface area (Å²) in [6.07, 6.45) is 2.64. The van der Waals surface area contributed by atoms with Crippen LogP contribution in [0.15, 0.2) is 24.3 Å². The summed E-state index contributed by atoms with van der Waals surface area (Å²) < 4.78 is 5.57. The third kappa shape index (κ3) is 3.78. The fourth-order valence-electron chi connectivity index (χ4n) is 2.63. The Balaban J connectivity index is 2.02. The molecule has 0 unspecified atom stereocenters. The van der Waals surface area contributed by atoms with Crippen LogP contribution in [-0.4, -0.2) is 29.1 Å². The van der Waals surface area contributed by atoms with Gasteiger partial charge in [-0.3, -0.25) is 4.79 Å². The summed E-state index contributed by atoms with van der Waals surface area (Å²) in [5.41, 5.74) is -0.659. The molecule has 0 saturated heterocycles. The van der Waals surface area contributed by atoms with Gasteiger partial charge in [0.05, 0.1) is 6.61 Å². The van der Waals surface area contributed by atoms with Crippen molar-refractivity contribution in [2.24, 2.45) is 5.92 Å². The molecule has 0 bridgehead atoms. The quantitative estimate of drug-likeness (QED) is 0.847. The van der Waals surface area contributed by atoms with Crippen LogP contribution in [0.3, 0.4) is 0 Å². The number of benzene rings is 1. The van der Waals surface area contributed by atoms with Crippen LogP contribution in [0.2, 0.25) is 0 Å². The number of aliphatic carboxylic acids is 1. The Kier molecular flexibility index (Phi) is 5.06. The van der Waals surface area contributed by atoms with Crippen LogP contribution < -0.4 is 10.1 Å². The molecule has 120 valence electrons. The molecule has 1 aliphatic carbocycles. The lowest BCUT2D eigenvalue weighted by molar-refractivity contribution is -0.144. The summed E-state index contributed by atoms with van der Waals surface area (Å²) in [4.78, 5) is 23.7. The van der Waals surface area contributed by atoms with Gasteiger partial charge in [0.2, 0.25) is 0 Å². The van der Waals surface area contributed by atoms with Crippen molar-refractivity contribution >= 4 is 11.9 Å². The van der Waals surface area contributed by atoms with Crippen LogP contribution in [0.1, 0.15) is 49.9 Å². The van der Waals surface area contributed by atoms with Gasteiger partial charge in [-0.15, -0.1) is 0 Å². The van der Waals surface area contributed by atoms with Crippen molar-refractivity contribution in [1.82, 2.24) is 5.32 Å². The van der Waals surface area contributed by atoms with Crippen LogP contribution in [0.5, 0.6) is 5.75 Å². The van der Waals surface area contributed by atoms with Gasteiger partial charge in [0.1, 0.15) is 11.3 Å². The second-order valence-corrected chi connectivity index (χ2v) is 6.28. The first kappa shape index (κ1) is 16.3. The SMILES string of the molecule is CC(C)COc1ccc(C(=O)NC2(C(=O)O)CCCC2)cc1. The van der Waals surface area contributed by atoms with Gasteiger partial charge in [0, 0.05) is 5.56 Å². The molecule has 1 aromatic carbocycles. The molecule has 5 heteroatoms. The van der Waals surface area contributed by atoms with E-state index in [1.54, 1.807) is 24.3 Å². The summed E-state index contributed by atoms with van der Waals surface area (Å²) in [7, 11) is 0. The molecule has 1 aliphatic rings. The van der Waals surface area contributed by atoms with E-state index in [4.69, 9.17) is 4.74 Å². The van der Waals surface area contributed by atoms with Crippen LogP contribution in [0, 0.1) is 5.92 Å². The number of amides is 1. The smallest absolute Gasteiger partial charge is 0.329 e. The molecule has 0 spiro atoms. The highest BCUT2D eigenvalue weighted by molar-refractivity contribution is 5.98. The molecule has 0 heterocycles. The maximum atomic E-state index is 12.3. The lowest BCUT2D eigenvalue weighted by Crippen LogP contribution is -2.52. The first-order chi connectivity index (χ1) is 10.4.